The molecule has 5 heteroatoms. The highest BCUT2D eigenvalue weighted by atomic mass is 16.5. The quantitative estimate of drug-likeness (QED) is 0.484. The van der Waals surface area contributed by atoms with Crippen LogP contribution in [0.15, 0.2) is 59.7 Å². The molecule has 3 aliphatic rings. The Morgan fingerprint density at radius 3 is 2.33 bits per heavy atom. The summed E-state index contributed by atoms with van der Waals surface area (Å²) in [7, 11) is 0. The van der Waals surface area contributed by atoms with Gasteiger partial charge in [-0.15, -0.1) is 0 Å². The summed E-state index contributed by atoms with van der Waals surface area (Å²) in [4.78, 5) is 25.1. The van der Waals surface area contributed by atoms with Crippen molar-refractivity contribution < 1.29 is 14.3 Å². The Morgan fingerprint density at radius 2 is 1.58 bits per heavy atom. The van der Waals surface area contributed by atoms with Gasteiger partial charge in [-0.1, -0.05) is 54.6 Å². The minimum atomic E-state index is -0.419. The van der Waals surface area contributed by atoms with Crippen LogP contribution >= 0.6 is 0 Å². The highest BCUT2D eigenvalue weighted by Crippen LogP contribution is 2.45. The summed E-state index contributed by atoms with van der Waals surface area (Å²) in [5, 5.41) is 7.36. The van der Waals surface area contributed by atoms with Crippen LogP contribution in [-0.4, -0.2) is 35.2 Å². The molecule has 3 aliphatic heterocycles. The average Bonchev–Trinajstić information content (AvgIpc) is 3.28. The highest BCUT2D eigenvalue weighted by Gasteiger charge is 2.61. The number of hydrazone groups is 1. The first-order chi connectivity index (χ1) is 11.7. The molecule has 0 saturated carbocycles. The van der Waals surface area contributed by atoms with E-state index in [1.165, 1.54) is 0 Å². The molecule has 0 radical (unpaired) electrons. The first-order valence-corrected chi connectivity index (χ1v) is 7.97. The Bertz CT molecular complexity index is 898. The van der Waals surface area contributed by atoms with Crippen molar-refractivity contribution in [3.63, 3.8) is 0 Å². The number of rotatable bonds is 2. The Labute approximate surface area is 138 Å². The monoisotopic (exact) mass is 318 g/mol. The number of amides is 2. The van der Waals surface area contributed by atoms with E-state index in [0.29, 0.717) is 0 Å². The molecule has 2 fully saturated rings. The molecule has 2 amide bonds. The Kier molecular flexibility index (Phi) is 2.76. The number of fused-ring (bicyclic) bond motifs is 6. The fraction of sp³-hybridized carbons (Fsp3) is 0.211. The number of hydrogen-bond acceptors (Lipinski definition) is 4. The second-order valence-corrected chi connectivity index (χ2v) is 6.30. The number of imide groups is 1. The maximum Gasteiger partial charge on any atom is 0.256 e. The smallest absolute Gasteiger partial charge is 0.256 e. The second-order valence-electron chi connectivity index (χ2n) is 6.30. The van der Waals surface area contributed by atoms with E-state index in [-0.39, 0.29) is 24.0 Å². The van der Waals surface area contributed by atoms with Crippen LogP contribution in [0.1, 0.15) is 5.56 Å². The van der Waals surface area contributed by atoms with Crippen LogP contribution < -0.4 is 0 Å². The summed E-state index contributed by atoms with van der Waals surface area (Å²) in [6.45, 7) is 0. The number of carbonyl (C=O) groups is 2. The largest absolute Gasteiger partial charge is 0.365 e. The van der Waals surface area contributed by atoms with E-state index in [1.54, 1.807) is 6.21 Å². The van der Waals surface area contributed by atoms with Gasteiger partial charge in [-0.05, 0) is 10.8 Å². The van der Waals surface area contributed by atoms with Gasteiger partial charge in [0, 0.05) is 5.56 Å². The van der Waals surface area contributed by atoms with Crippen molar-refractivity contribution in [3.05, 3.63) is 60.2 Å². The number of hydrogen-bond donors (Lipinski definition) is 0. The van der Waals surface area contributed by atoms with Crippen molar-refractivity contribution in [2.45, 2.75) is 12.2 Å². The van der Waals surface area contributed by atoms with Gasteiger partial charge in [0.15, 0.2) is 0 Å². The summed E-state index contributed by atoms with van der Waals surface area (Å²) in [6, 6.07) is 13.8. The minimum absolute atomic E-state index is 0.265. The van der Waals surface area contributed by atoms with E-state index in [2.05, 4.69) is 5.10 Å². The number of carbonyl (C=O) groups excluding carboxylic acids is 2. The lowest BCUT2D eigenvalue weighted by Gasteiger charge is -2.11. The second kappa shape index (κ2) is 4.85. The van der Waals surface area contributed by atoms with Gasteiger partial charge in [-0.3, -0.25) is 9.59 Å². The van der Waals surface area contributed by atoms with E-state index in [1.807, 2.05) is 54.6 Å². The number of benzene rings is 2. The molecule has 0 N–H and O–H groups in total. The average molecular weight is 318 g/mol. The highest BCUT2D eigenvalue weighted by molar-refractivity contribution is 6.08. The van der Waals surface area contributed by atoms with Gasteiger partial charge < -0.3 is 4.74 Å². The summed E-state index contributed by atoms with van der Waals surface area (Å²) in [5.41, 5.74) is 0.878. The Hall–Kier alpha value is -2.79. The lowest BCUT2D eigenvalue weighted by atomic mass is 9.85. The summed E-state index contributed by atoms with van der Waals surface area (Å²) < 4.78 is 5.62. The van der Waals surface area contributed by atoms with Gasteiger partial charge in [-0.2, -0.15) is 10.1 Å². The van der Waals surface area contributed by atoms with Gasteiger partial charge >= 0.3 is 0 Å². The lowest BCUT2D eigenvalue weighted by Crippen LogP contribution is -2.30. The summed E-state index contributed by atoms with van der Waals surface area (Å²) >= 11 is 0. The summed E-state index contributed by atoms with van der Waals surface area (Å²) in [5.74, 6) is -1.37. The molecule has 0 aliphatic carbocycles. The van der Waals surface area contributed by atoms with Crippen LogP contribution in [0, 0.1) is 11.8 Å². The third kappa shape index (κ3) is 1.76. The van der Waals surface area contributed by atoms with Crippen LogP contribution in [0.25, 0.3) is 10.8 Å². The Balaban J connectivity index is 1.49. The molecule has 2 bridgehead atoms. The molecule has 0 aromatic heterocycles. The molecule has 2 aromatic carbocycles. The van der Waals surface area contributed by atoms with E-state index in [9.17, 15) is 9.59 Å². The summed E-state index contributed by atoms with van der Waals surface area (Å²) in [6.07, 6.45) is 4.77. The number of ether oxygens (including phenoxy) is 1. The molecule has 2 aromatic rings. The molecular weight excluding hydrogens is 304 g/mol. The molecule has 0 spiro atoms. The van der Waals surface area contributed by atoms with Crippen LogP contribution in [0.5, 0.6) is 0 Å². The third-order valence-electron chi connectivity index (χ3n) is 5.02. The number of nitrogens with zero attached hydrogens (tertiary/aromatic N) is 2. The molecular formula is C19H14N2O3. The molecule has 5 nitrogen and oxygen atoms in total. The molecule has 118 valence electrons. The van der Waals surface area contributed by atoms with Crippen molar-refractivity contribution in [1.29, 1.82) is 0 Å². The van der Waals surface area contributed by atoms with Crippen molar-refractivity contribution in [1.82, 2.24) is 5.01 Å². The van der Waals surface area contributed by atoms with Gasteiger partial charge in [0.1, 0.15) is 0 Å². The first-order valence-electron chi connectivity index (χ1n) is 7.97. The van der Waals surface area contributed by atoms with Crippen LogP contribution in [0.4, 0.5) is 0 Å². The molecule has 5 rings (SSSR count). The zero-order chi connectivity index (χ0) is 16.3. The lowest BCUT2D eigenvalue weighted by molar-refractivity contribution is -0.142. The van der Waals surface area contributed by atoms with Crippen LogP contribution in [0.2, 0.25) is 0 Å². The van der Waals surface area contributed by atoms with E-state index >= 15 is 0 Å². The topological polar surface area (TPSA) is 59.0 Å². The van der Waals surface area contributed by atoms with Crippen molar-refractivity contribution >= 4 is 28.8 Å². The normalized spacial score (nSPS) is 30.9. The molecule has 4 atom stereocenters. The van der Waals surface area contributed by atoms with Crippen molar-refractivity contribution in [2.75, 3.05) is 0 Å². The SMILES string of the molecule is O=C1[C@@H]2[C@@H](C(=O)N1/N=C\c1cccc3ccccc13)[C@@H]1C=C[C@@H]2O1. The molecule has 2 saturated heterocycles. The molecule has 24 heavy (non-hydrogen) atoms. The standard InChI is InChI=1S/C19H14N2O3/c22-18-16-14-8-9-15(24-14)17(16)19(23)21(18)20-10-12-6-3-5-11-4-1-2-7-13(11)12/h1-10,14-17H/b20-10-/t14-,15-,16-,17-/m0/s1. The van der Waals surface area contributed by atoms with Gasteiger partial charge in [0.25, 0.3) is 11.8 Å². The zero-order valence-electron chi connectivity index (χ0n) is 12.7. The van der Waals surface area contributed by atoms with Gasteiger partial charge in [-0.25, -0.2) is 0 Å². The molecule has 3 heterocycles. The maximum absolute atomic E-state index is 12.5. The van der Waals surface area contributed by atoms with E-state index in [0.717, 1.165) is 21.3 Å². The zero-order valence-corrected chi connectivity index (χ0v) is 12.7. The van der Waals surface area contributed by atoms with Gasteiger partial charge in [0.2, 0.25) is 0 Å². The predicted octanol–water partition coefficient (Wildman–Crippen LogP) is 2.11. The maximum atomic E-state index is 12.5. The van der Waals surface area contributed by atoms with Gasteiger partial charge in [0.05, 0.1) is 30.3 Å². The minimum Gasteiger partial charge on any atom is -0.365 e. The van der Waals surface area contributed by atoms with E-state index in [4.69, 9.17) is 4.74 Å². The fourth-order valence-corrected chi connectivity index (χ4v) is 3.88. The fourth-order valence-electron chi connectivity index (χ4n) is 3.88. The van der Waals surface area contributed by atoms with E-state index < -0.39 is 11.8 Å². The molecule has 0 unspecified atom stereocenters. The van der Waals surface area contributed by atoms with Crippen LogP contribution in [0.3, 0.4) is 0 Å². The Morgan fingerprint density at radius 1 is 0.917 bits per heavy atom. The first kappa shape index (κ1) is 13.6. The van der Waals surface area contributed by atoms with Crippen molar-refractivity contribution in [2.24, 2.45) is 16.9 Å². The van der Waals surface area contributed by atoms with Crippen molar-refractivity contribution in [3.8, 4) is 0 Å². The predicted molar refractivity (Wildman–Crippen MR) is 88.2 cm³/mol. The van der Waals surface area contributed by atoms with Crippen LogP contribution in [-0.2, 0) is 14.3 Å². The third-order valence-corrected chi connectivity index (χ3v) is 5.02.